The lowest BCUT2D eigenvalue weighted by Gasteiger charge is -2.20. The average molecular weight is 444 g/mol. The van der Waals surface area contributed by atoms with Crippen molar-refractivity contribution >= 4 is 33.2 Å². The Bertz CT molecular complexity index is 1100. The van der Waals surface area contributed by atoms with Crippen molar-refractivity contribution in [2.45, 2.75) is 12.8 Å². The molecule has 2 aromatic rings. The van der Waals surface area contributed by atoms with E-state index < -0.39 is 15.9 Å². The molecule has 1 atom stereocenters. The highest BCUT2D eigenvalue weighted by molar-refractivity contribution is 7.92. The first-order valence-electron chi connectivity index (χ1n) is 10.2. The second-order valence-electron chi connectivity index (χ2n) is 7.64. The molecule has 31 heavy (non-hydrogen) atoms. The van der Waals surface area contributed by atoms with Crippen LogP contribution in [0.2, 0.25) is 0 Å². The van der Waals surface area contributed by atoms with E-state index >= 15 is 0 Å². The van der Waals surface area contributed by atoms with E-state index in [9.17, 15) is 18.0 Å². The molecule has 1 fully saturated rings. The molecule has 0 saturated carbocycles. The maximum Gasteiger partial charge on any atom is 0.236 e. The van der Waals surface area contributed by atoms with E-state index in [1.807, 2.05) is 24.3 Å². The van der Waals surface area contributed by atoms with Crippen molar-refractivity contribution in [1.29, 1.82) is 0 Å². The second kappa shape index (κ2) is 8.58. The van der Waals surface area contributed by atoms with E-state index in [1.54, 1.807) is 29.2 Å². The molecule has 1 N–H and O–H groups in total. The summed E-state index contributed by atoms with van der Waals surface area (Å²) in [6.07, 6.45) is 0.765. The quantitative estimate of drug-likeness (QED) is 0.701. The van der Waals surface area contributed by atoms with Crippen LogP contribution in [0.25, 0.3) is 0 Å². The summed E-state index contributed by atoms with van der Waals surface area (Å²) in [7, 11) is -2.01. The Morgan fingerprint density at radius 1 is 1.13 bits per heavy atom. The molecule has 2 aromatic carbocycles. The van der Waals surface area contributed by atoms with Crippen LogP contribution in [0.4, 0.5) is 11.4 Å². The lowest BCUT2D eigenvalue weighted by Crippen LogP contribution is -2.39. The second-order valence-corrected chi connectivity index (χ2v) is 9.65. The summed E-state index contributed by atoms with van der Waals surface area (Å²) >= 11 is 0. The average Bonchev–Trinajstić information content (AvgIpc) is 3.37. The Hall–Kier alpha value is -3.07. The fourth-order valence-corrected chi connectivity index (χ4v) is 5.55. The number of anilines is 2. The zero-order valence-electron chi connectivity index (χ0n) is 17.3. The summed E-state index contributed by atoms with van der Waals surface area (Å²) in [5, 5.41) is 2.69. The highest BCUT2D eigenvalue weighted by Crippen LogP contribution is 2.33. The topological polar surface area (TPSA) is 96.0 Å². The van der Waals surface area contributed by atoms with E-state index in [-0.39, 0.29) is 37.1 Å². The van der Waals surface area contributed by atoms with Crippen LogP contribution >= 0.6 is 0 Å². The molecule has 9 heteroatoms. The number of rotatable bonds is 7. The number of nitrogens with zero attached hydrogens (tertiary/aromatic N) is 2. The van der Waals surface area contributed by atoms with Crippen molar-refractivity contribution in [2.24, 2.45) is 5.92 Å². The first kappa shape index (κ1) is 21.2. The van der Waals surface area contributed by atoms with Crippen LogP contribution < -0.4 is 19.3 Å². The number of fused-ring (bicyclic) bond motifs is 1. The number of ether oxygens (including phenoxy) is 1. The molecule has 0 spiro atoms. The Labute approximate surface area is 181 Å². The standard InChI is InChI=1S/C22H25N3O5S/c1-30-20-9-5-4-8-19(20)24-15-17(14-21(24)26)22(27)23-11-13-31(28,29)25-12-10-16-6-2-3-7-18(16)25/h2-9,17H,10-15H2,1H3,(H,23,27). The van der Waals surface area contributed by atoms with Gasteiger partial charge in [-0.05, 0) is 30.2 Å². The van der Waals surface area contributed by atoms with Crippen LogP contribution in [0, 0.1) is 5.92 Å². The lowest BCUT2D eigenvalue weighted by atomic mass is 10.1. The van der Waals surface area contributed by atoms with Gasteiger partial charge in [-0.25, -0.2) is 8.42 Å². The van der Waals surface area contributed by atoms with Crippen LogP contribution in [0.3, 0.4) is 0 Å². The normalized spacial score (nSPS) is 18.2. The third-order valence-corrected chi connectivity index (χ3v) is 7.48. The van der Waals surface area contributed by atoms with Crippen molar-refractivity contribution in [1.82, 2.24) is 5.32 Å². The smallest absolute Gasteiger partial charge is 0.236 e. The molecule has 2 heterocycles. The molecule has 2 aliphatic rings. The van der Waals surface area contributed by atoms with Gasteiger partial charge in [-0.1, -0.05) is 30.3 Å². The third kappa shape index (κ3) is 4.23. The van der Waals surface area contributed by atoms with Gasteiger partial charge in [-0.15, -0.1) is 0 Å². The number of carbonyl (C=O) groups is 2. The van der Waals surface area contributed by atoms with Crippen LogP contribution in [0.15, 0.2) is 48.5 Å². The number of para-hydroxylation sites is 3. The van der Waals surface area contributed by atoms with Crippen LogP contribution in [-0.2, 0) is 26.0 Å². The first-order valence-corrected chi connectivity index (χ1v) is 11.8. The minimum absolute atomic E-state index is 0.000811. The summed E-state index contributed by atoms with van der Waals surface area (Å²) in [6, 6.07) is 14.6. The molecule has 0 aromatic heterocycles. The van der Waals surface area contributed by atoms with Gasteiger partial charge >= 0.3 is 0 Å². The van der Waals surface area contributed by atoms with Gasteiger partial charge in [-0.3, -0.25) is 13.9 Å². The molecule has 4 rings (SSSR count). The Balaban J connectivity index is 1.34. The minimum atomic E-state index is -3.54. The summed E-state index contributed by atoms with van der Waals surface area (Å²) < 4.78 is 32.2. The van der Waals surface area contributed by atoms with Gasteiger partial charge in [0.05, 0.1) is 30.2 Å². The van der Waals surface area contributed by atoms with Gasteiger partial charge in [0.15, 0.2) is 0 Å². The zero-order chi connectivity index (χ0) is 22.0. The van der Waals surface area contributed by atoms with E-state index in [4.69, 9.17) is 4.74 Å². The molecule has 2 amide bonds. The molecule has 164 valence electrons. The maximum absolute atomic E-state index is 12.8. The third-order valence-electron chi connectivity index (χ3n) is 5.71. The lowest BCUT2D eigenvalue weighted by molar-refractivity contribution is -0.126. The molecule has 0 radical (unpaired) electrons. The van der Waals surface area contributed by atoms with Crippen molar-refractivity contribution in [3.8, 4) is 5.75 Å². The van der Waals surface area contributed by atoms with Gasteiger partial charge in [0.25, 0.3) is 0 Å². The van der Waals surface area contributed by atoms with Crippen molar-refractivity contribution in [3.05, 3.63) is 54.1 Å². The van der Waals surface area contributed by atoms with Gasteiger partial charge in [0.1, 0.15) is 5.75 Å². The van der Waals surface area contributed by atoms with Crippen LogP contribution in [0.5, 0.6) is 5.75 Å². The summed E-state index contributed by atoms with van der Waals surface area (Å²) in [6.45, 7) is 0.650. The van der Waals surface area contributed by atoms with Crippen molar-refractivity contribution in [3.63, 3.8) is 0 Å². The number of hydrogen-bond donors (Lipinski definition) is 1. The number of carbonyl (C=O) groups excluding carboxylic acids is 2. The molecule has 0 aliphatic carbocycles. The fourth-order valence-electron chi connectivity index (χ4n) is 4.12. The molecule has 8 nitrogen and oxygen atoms in total. The van der Waals surface area contributed by atoms with E-state index in [0.29, 0.717) is 30.1 Å². The van der Waals surface area contributed by atoms with E-state index in [0.717, 1.165) is 5.56 Å². The zero-order valence-corrected chi connectivity index (χ0v) is 18.1. The first-order chi connectivity index (χ1) is 14.9. The van der Waals surface area contributed by atoms with Gasteiger partial charge in [0.2, 0.25) is 21.8 Å². The molecular formula is C22H25N3O5S. The number of hydrogen-bond acceptors (Lipinski definition) is 5. The predicted octanol–water partition coefficient (Wildman–Crippen LogP) is 1.56. The maximum atomic E-state index is 12.8. The Morgan fingerprint density at radius 2 is 1.84 bits per heavy atom. The number of amides is 2. The van der Waals surface area contributed by atoms with Crippen LogP contribution in [-0.4, -0.2) is 52.7 Å². The molecule has 1 unspecified atom stereocenters. The summed E-state index contributed by atoms with van der Waals surface area (Å²) in [5.41, 5.74) is 2.35. The van der Waals surface area contributed by atoms with E-state index in [1.165, 1.54) is 11.4 Å². The highest BCUT2D eigenvalue weighted by Gasteiger charge is 2.36. The highest BCUT2D eigenvalue weighted by atomic mass is 32.2. The molecular weight excluding hydrogens is 418 g/mol. The van der Waals surface area contributed by atoms with Crippen molar-refractivity contribution < 1.29 is 22.7 Å². The molecule has 0 bridgehead atoms. The predicted molar refractivity (Wildman–Crippen MR) is 118 cm³/mol. The summed E-state index contributed by atoms with van der Waals surface area (Å²) in [4.78, 5) is 26.6. The van der Waals surface area contributed by atoms with Crippen LogP contribution in [0.1, 0.15) is 12.0 Å². The Morgan fingerprint density at radius 3 is 2.61 bits per heavy atom. The van der Waals surface area contributed by atoms with E-state index in [2.05, 4.69) is 5.32 Å². The number of nitrogens with one attached hydrogen (secondary N) is 1. The molecule has 2 aliphatic heterocycles. The number of benzene rings is 2. The number of sulfonamides is 1. The van der Waals surface area contributed by atoms with Gasteiger partial charge in [-0.2, -0.15) is 0 Å². The van der Waals surface area contributed by atoms with Crippen molar-refractivity contribution in [2.75, 3.05) is 41.7 Å². The molecule has 1 saturated heterocycles. The number of methoxy groups -OCH3 is 1. The SMILES string of the molecule is COc1ccccc1N1CC(C(=O)NCCS(=O)(=O)N2CCc3ccccc32)CC1=O. The van der Waals surface area contributed by atoms with Gasteiger partial charge < -0.3 is 15.0 Å². The monoisotopic (exact) mass is 443 g/mol. The fraction of sp³-hybridized carbons (Fsp3) is 0.364. The largest absolute Gasteiger partial charge is 0.495 e. The summed E-state index contributed by atoms with van der Waals surface area (Å²) in [5.74, 6) is -0.639. The van der Waals surface area contributed by atoms with Gasteiger partial charge in [0, 0.05) is 26.1 Å². The Kier molecular flexibility index (Phi) is 5.86. The minimum Gasteiger partial charge on any atom is -0.495 e.